The van der Waals surface area contributed by atoms with E-state index >= 15 is 0 Å². The summed E-state index contributed by atoms with van der Waals surface area (Å²) in [5, 5.41) is 5.54. The van der Waals surface area contributed by atoms with Crippen molar-refractivity contribution >= 4 is 38.2 Å². The second-order valence-electron chi connectivity index (χ2n) is 13.1. The van der Waals surface area contributed by atoms with Crippen molar-refractivity contribution in [1.82, 2.24) is 10.6 Å². The lowest BCUT2D eigenvalue weighted by Crippen LogP contribution is -2.46. The molecule has 0 spiro atoms. The first-order valence-electron chi connectivity index (χ1n) is 20.4. The number of nitrogens with one attached hydrogen (secondary N) is 2. The van der Waals surface area contributed by atoms with Crippen molar-refractivity contribution < 1.29 is 49.4 Å². The third kappa shape index (κ3) is 32.1. The van der Waals surface area contributed by atoms with Gasteiger partial charge in [0.1, 0.15) is 0 Å². The fraction of sp³-hybridized carbons (Fsp3) is 0.946. The summed E-state index contributed by atoms with van der Waals surface area (Å²) < 4.78 is 51.8. The maximum absolute atomic E-state index is 11.4. The number of rotatable bonds is 31. The van der Waals surface area contributed by atoms with Gasteiger partial charge in [-0.05, 0) is 100 Å². The van der Waals surface area contributed by atoms with E-state index in [2.05, 4.69) is 31.4 Å². The van der Waals surface area contributed by atoms with Crippen molar-refractivity contribution in [1.29, 1.82) is 0 Å². The number of amides is 2. The smallest absolute Gasteiger partial charge is 0.374 e. The topological polar surface area (TPSA) is 141 Å². The standard InChI is InChI=1S/C14H32O3Si.C12H27NO4Si.C11H25NO4Si/c1-7-15-18(16-8-2,17-9-3)13-11-10-12-14(4,5)6;1-5-13-12(14)10-9-11-18(15-6-2,16-7-3)17-8-4;1-5-14-17(15-6-2,16-7-3)10-8-9-12-11(4)13/h7-13H2,1-6H3;5-11H2,1-4H3,(H,13,14);5-10H2,1-4H3,(H,12,13). The summed E-state index contributed by atoms with van der Waals surface area (Å²) >= 11 is 0. The Balaban J connectivity index is -0.000000708. The van der Waals surface area contributed by atoms with E-state index in [1.165, 1.54) is 19.8 Å². The van der Waals surface area contributed by atoms with Gasteiger partial charge in [-0.15, -0.1) is 0 Å². The van der Waals surface area contributed by atoms with Gasteiger partial charge in [0.15, 0.2) is 0 Å². The first kappa shape index (κ1) is 56.6. The Bertz CT molecular complexity index is 804. The molecule has 0 aromatic rings. The average molecular weight is 817 g/mol. The van der Waals surface area contributed by atoms with Crippen LogP contribution in [0.15, 0.2) is 0 Å². The second-order valence-corrected chi connectivity index (χ2v) is 21.3. The maximum atomic E-state index is 11.4. The van der Waals surface area contributed by atoms with Gasteiger partial charge in [0.25, 0.3) is 0 Å². The molecule has 320 valence electrons. The van der Waals surface area contributed by atoms with E-state index in [0.29, 0.717) is 90.4 Å². The van der Waals surface area contributed by atoms with Gasteiger partial charge >= 0.3 is 26.4 Å². The summed E-state index contributed by atoms with van der Waals surface area (Å²) in [5.74, 6) is 0.0615. The van der Waals surface area contributed by atoms with Gasteiger partial charge in [-0.25, -0.2) is 0 Å². The van der Waals surface area contributed by atoms with E-state index in [1.807, 2.05) is 69.2 Å². The van der Waals surface area contributed by atoms with Gasteiger partial charge in [-0.1, -0.05) is 27.2 Å². The molecule has 0 radical (unpaired) electrons. The molecule has 53 heavy (non-hydrogen) atoms. The first-order chi connectivity index (χ1) is 25.1. The average Bonchev–Trinajstić information content (AvgIpc) is 3.07. The normalized spacial score (nSPS) is 12.0. The third-order valence-electron chi connectivity index (χ3n) is 7.23. The molecular formula is C37H84N2O11Si3. The maximum Gasteiger partial charge on any atom is 0.500 e. The molecule has 0 saturated heterocycles. The Kier molecular flexibility index (Phi) is 38.0. The van der Waals surface area contributed by atoms with Gasteiger partial charge in [0.05, 0.1) is 0 Å². The molecule has 0 atom stereocenters. The summed E-state index contributed by atoms with van der Waals surface area (Å²) in [4.78, 5) is 22.1. The minimum Gasteiger partial charge on any atom is -0.374 e. The van der Waals surface area contributed by atoms with Crippen molar-refractivity contribution in [3.63, 3.8) is 0 Å². The van der Waals surface area contributed by atoms with E-state index in [4.69, 9.17) is 39.8 Å². The van der Waals surface area contributed by atoms with Gasteiger partial charge in [-0.3, -0.25) is 9.59 Å². The lowest BCUT2D eigenvalue weighted by Gasteiger charge is -2.28. The highest BCUT2D eigenvalue weighted by molar-refractivity contribution is 6.61. The molecule has 0 aromatic carbocycles. The molecule has 0 fully saturated rings. The minimum absolute atomic E-state index is 0.0125. The van der Waals surface area contributed by atoms with Crippen LogP contribution in [0, 0.1) is 5.41 Å². The lowest BCUT2D eigenvalue weighted by molar-refractivity contribution is -0.121. The Morgan fingerprint density at radius 3 is 1.08 bits per heavy atom. The van der Waals surface area contributed by atoms with E-state index in [-0.39, 0.29) is 11.8 Å². The number of hydrogen-bond acceptors (Lipinski definition) is 11. The van der Waals surface area contributed by atoms with Crippen LogP contribution in [0.1, 0.15) is 135 Å². The van der Waals surface area contributed by atoms with Crippen LogP contribution in [-0.2, 0) is 49.4 Å². The molecule has 0 aliphatic carbocycles. The van der Waals surface area contributed by atoms with Crippen molar-refractivity contribution in [2.45, 2.75) is 154 Å². The molecule has 0 heterocycles. The molecule has 0 saturated carbocycles. The fourth-order valence-electron chi connectivity index (χ4n) is 5.32. The Morgan fingerprint density at radius 2 is 0.792 bits per heavy atom. The van der Waals surface area contributed by atoms with Crippen molar-refractivity contribution in [2.75, 3.05) is 72.6 Å². The van der Waals surface area contributed by atoms with Gasteiger partial charge in [0.2, 0.25) is 11.8 Å². The summed E-state index contributed by atoms with van der Waals surface area (Å²) in [5.41, 5.74) is 0.410. The van der Waals surface area contributed by atoms with Gasteiger partial charge < -0.3 is 50.5 Å². The Morgan fingerprint density at radius 1 is 0.472 bits per heavy atom. The number of hydrogen-bond donors (Lipinski definition) is 2. The predicted octanol–water partition coefficient (Wildman–Crippen LogP) is 7.76. The van der Waals surface area contributed by atoms with E-state index in [0.717, 1.165) is 31.4 Å². The largest absolute Gasteiger partial charge is 0.500 e. The van der Waals surface area contributed by atoms with Crippen LogP contribution in [0.4, 0.5) is 0 Å². The molecule has 0 rings (SSSR count). The van der Waals surface area contributed by atoms with Crippen LogP contribution in [0.2, 0.25) is 18.1 Å². The van der Waals surface area contributed by atoms with E-state index < -0.39 is 26.4 Å². The predicted molar refractivity (Wildman–Crippen MR) is 221 cm³/mol. The number of carbonyl (C=O) groups is 2. The Labute approximate surface area is 329 Å². The van der Waals surface area contributed by atoms with Crippen LogP contribution in [0.3, 0.4) is 0 Å². The van der Waals surface area contributed by atoms with E-state index in [9.17, 15) is 9.59 Å². The van der Waals surface area contributed by atoms with Gasteiger partial charge in [0, 0.05) is 104 Å². The quantitative estimate of drug-likeness (QED) is 0.0524. The number of carbonyl (C=O) groups excluding carboxylic acids is 2. The van der Waals surface area contributed by atoms with Crippen molar-refractivity contribution in [2.24, 2.45) is 5.41 Å². The highest BCUT2D eigenvalue weighted by Gasteiger charge is 2.41. The Hall–Kier alpha value is -0.769. The van der Waals surface area contributed by atoms with Crippen molar-refractivity contribution in [3.8, 4) is 0 Å². The SMILES string of the molecule is CCNC(=O)CCC[Si](OCC)(OCC)OCC.CCO[Si](CCCCC(C)(C)C)(OCC)OCC.CCO[Si](CCCNC(C)=O)(OCC)OCC. The molecule has 0 aromatic heterocycles. The summed E-state index contributed by atoms with van der Waals surface area (Å²) in [6, 6.07) is 2.38. The third-order valence-corrected chi connectivity index (χ3v) is 16.7. The monoisotopic (exact) mass is 817 g/mol. The molecule has 0 aliphatic rings. The lowest BCUT2D eigenvalue weighted by atomic mass is 9.90. The first-order valence-corrected chi connectivity index (χ1v) is 26.2. The zero-order valence-electron chi connectivity index (χ0n) is 36.6. The minimum atomic E-state index is -2.57. The molecule has 16 heteroatoms. The zero-order chi connectivity index (χ0) is 41.1. The highest BCUT2D eigenvalue weighted by atomic mass is 28.4. The molecule has 0 aliphatic heterocycles. The highest BCUT2D eigenvalue weighted by Crippen LogP contribution is 2.26. The van der Waals surface area contributed by atoms with Crippen LogP contribution in [0.25, 0.3) is 0 Å². The van der Waals surface area contributed by atoms with Crippen LogP contribution in [-0.4, -0.2) is 111 Å². The zero-order valence-corrected chi connectivity index (χ0v) is 39.6. The fourth-order valence-corrected chi connectivity index (χ4v) is 13.2. The molecular weight excluding hydrogens is 733 g/mol. The summed E-state index contributed by atoms with van der Waals surface area (Å²) in [6.07, 6.45) is 5.62. The second kappa shape index (κ2) is 35.6. The number of unbranched alkanes of at least 4 members (excludes halogenated alkanes) is 1. The molecule has 0 bridgehead atoms. The summed E-state index contributed by atoms with van der Waals surface area (Å²) in [7, 11) is -7.48. The molecule has 13 nitrogen and oxygen atoms in total. The summed E-state index contributed by atoms with van der Waals surface area (Å²) in [6.45, 7) is 34.7. The van der Waals surface area contributed by atoms with Crippen LogP contribution in [0.5, 0.6) is 0 Å². The molecule has 0 unspecified atom stereocenters. The molecule has 2 amide bonds. The van der Waals surface area contributed by atoms with Crippen molar-refractivity contribution in [3.05, 3.63) is 0 Å². The van der Waals surface area contributed by atoms with E-state index in [1.54, 1.807) is 0 Å². The van der Waals surface area contributed by atoms with Gasteiger partial charge in [-0.2, -0.15) is 0 Å². The van der Waals surface area contributed by atoms with Crippen LogP contribution < -0.4 is 10.6 Å². The van der Waals surface area contributed by atoms with Crippen LogP contribution >= 0.6 is 0 Å². The molecule has 2 N–H and O–H groups in total.